The Balaban J connectivity index is 2.04. The SMILES string of the molecule is C[C@H]1CC(=O)O[C@H]1CO[Si](c1ccccc1)(c1ccccc1)C(C)(C)C. The largest absolute Gasteiger partial charge is 0.460 e. The number of benzene rings is 2. The summed E-state index contributed by atoms with van der Waals surface area (Å²) in [6.45, 7) is 9.26. The molecule has 0 radical (unpaired) electrons. The molecule has 0 saturated carbocycles. The number of cyclic esters (lactones) is 1. The van der Waals surface area contributed by atoms with Crippen molar-refractivity contribution in [2.24, 2.45) is 5.92 Å². The maximum atomic E-state index is 11.7. The van der Waals surface area contributed by atoms with Gasteiger partial charge >= 0.3 is 5.97 Å². The van der Waals surface area contributed by atoms with Crippen LogP contribution in [0.1, 0.15) is 34.1 Å². The second-order valence-electron chi connectivity index (χ2n) is 8.18. The van der Waals surface area contributed by atoms with Crippen molar-refractivity contribution in [2.75, 3.05) is 6.61 Å². The molecule has 138 valence electrons. The van der Waals surface area contributed by atoms with E-state index in [1.54, 1.807) is 0 Å². The number of hydrogen-bond acceptors (Lipinski definition) is 3. The average molecular weight is 369 g/mol. The summed E-state index contributed by atoms with van der Waals surface area (Å²) in [5, 5.41) is 2.42. The topological polar surface area (TPSA) is 35.5 Å². The molecule has 2 aromatic carbocycles. The van der Waals surface area contributed by atoms with Crippen LogP contribution in [0.4, 0.5) is 0 Å². The van der Waals surface area contributed by atoms with Crippen LogP contribution < -0.4 is 10.4 Å². The zero-order valence-electron chi connectivity index (χ0n) is 16.1. The average Bonchev–Trinajstić information content (AvgIpc) is 2.94. The van der Waals surface area contributed by atoms with Gasteiger partial charge in [0.25, 0.3) is 8.32 Å². The third-order valence-corrected chi connectivity index (χ3v) is 10.3. The standard InChI is InChI=1S/C22H28O3Si/c1-17-15-21(23)25-20(17)16-24-26(22(2,3)4,18-11-7-5-8-12-18)19-13-9-6-10-14-19/h5-14,17,20H,15-16H2,1-4H3/t17-,20-/m0/s1. The monoisotopic (exact) mass is 368 g/mol. The molecule has 2 atom stereocenters. The first-order valence-corrected chi connectivity index (χ1v) is 11.2. The minimum Gasteiger partial charge on any atom is -0.460 e. The van der Waals surface area contributed by atoms with Gasteiger partial charge in [-0.2, -0.15) is 0 Å². The lowest BCUT2D eigenvalue weighted by Gasteiger charge is -2.43. The van der Waals surface area contributed by atoms with E-state index in [2.05, 4.69) is 76.2 Å². The van der Waals surface area contributed by atoms with Crippen LogP contribution in [0.5, 0.6) is 0 Å². The van der Waals surface area contributed by atoms with E-state index in [1.165, 1.54) is 10.4 Å². The molecule has 3 nitrogen and oxygen atoms in total. The van der Waals surface area contributed by atoms with Crippen LogP contribution in [0.25, 0.3) is 0 Å². The van der Waals surface area contributed by atoms with Gasteiger partial charge in [-0.1, -0.05) is 88.4 Å². The summed E-state index contributed by atoms with van der Waals surface area (Å²) in [7, 11) is -2.56. The molecular weight excluding hydrogens is 340 g/mol. The molecule has 0 aromatic heterocycles. The Labute approximate surface area is 157 Å². The molecule has 0 unspecified atom stereocenters. The second kappa shape index (κ2) is 7.37. The second-order valence-corrected chi connectivity index (χ2v) is 12.5. The number of carbonyl (C=O) groups is 1. The van der Waals surface area contributed by atoms with E-state index in [4.69, 9.17) is 9.16 Å². The van der Waals surface area contributed by atoms with Crippen LogP contribution in [0.2, 0.25) is 5.04 Å². The quantitative estimate of drug-likeness (QED) is 0.598. The molecule has 1 fully saturated rings. The molecular formula is C22H28O3Si. The van der Waals surface area contributed by atoms with Crippen LogP contribution in [-0.4, -0.2) is 27.0 Å². The Bertz CT molecular complexity index is 697. The van der Waals surface area contributed by atoms with Gasteiger partial charge in [0.15, 0.2) is 0 Å². The van der Waals surface area contributed by atoms with Gasteiger partial charge in [-0.25, -0.2) is 0 Å². The summed E-state index contributed by atoms with van der Waals surface area (Å²) < 4.78 is 12.3. The number of esters is 1. The molecule has 1 aliphatic rings. The Morgan fingerprint density at radius 3 is 1.88 bits per heavy atom. The fourth-order valence-electron chi connectivity index (χ4n) is 3.89. The van der Waals surface area contributed by atoms with E-state index in [1.807, 2.05) is 12.1 Å². The van der Waals surface area contributed by atoms with Crippen molar-refractivity contribution < 1.29 is 14.0 Å². The van der Waals surface area contributed by atoms with E-state index >= 15 is 0 Å². The highest BCUT2D eigenvalue weighted by Gasteiger charge is 2.51. The Morgan fingerprint density at radius 2 is 1.50 bits per heavy atom. The molecule has 0 bridgehead atoms. The maximum absolute atomic E-state index is 11.7. The molecule has 1 aliphatic heterocycles. The molecule has 0 spiro atoms. The Hall–Kier alpha value is -1.91. The van der Waals surface area contributed by atoms with Crippen LogP contribution in [0.3, 0.4) is 0 Å². The zero-order valence-corrected chi connectivity index (χ0v) is 17.1. The molecule has 1 saturated heterocycles. The third-order valence-electron chi connectivity index (χ3n) is 5.29. The summed E-state index contributed by atoms with van der Waals surface area (Å²) in [6.07, 6.45) is 0.318. The van der Waals surface area contributed by atoms with Gasteiger partial charge < -0.3 is 9.16 Å². The normalized spacial score (nSPS) is 20.8. The summed E-state index contributed by atoms with van der Waals surface area (Å²) in [5.41, 5.74) is 0. The number of carbonyl (C=O) groups excluding carboxylic acids is 1. The molecule has 3 rings (SSSR count). The van der Waals surface area contributed by atoms with Crippen molar-refractivity contribution in [3.63, 3.8) is 0 Å². The van der Waals surface area contributed by atoms with Crippen molar-refractivity contribution in [3.8, 4) is 0 Å². The predicted molar refractivity (Wildman–Crippen MR) is 107 cm³/mol. The van der Waals surface area contributed by atoms with Crippen LogP contribution in [0.15, 0.2) is 60.7 Å². The molecule has 2 aromatic rings. The van der Waals surface area contributed by atoms with E-state index in [-0.39, 0.29) is 23.0 Å². The maximum Gasteiger partial charge on any atom is 0.306 e. The number of ether oxygens (including phenoxy) is 1. The molecule has 26 heavy (non-hydrogen) atoms. The lowest BCUT2D eigenvalue weighted by molar-refractivity contribution is -0.142. The van der Waals surface area contributed by atoms with Crippen molar-refractivity contribution >= 4 is 24.7 Å². The van der Waals surface area contributed by atoms with Crippen molar-refractivity contribution in [3.05, 3.63) is 60.7 Å². The first-order valence-electron chi connectivity index (χ1n) is 9.29. The summed E-state index contributed by atoms with van der Waals surface area (Å²) in [6, 6.07) is 21.1. The van der Waals surface area contributed by atoms with Gasteiger partial charge in [-0.3, -0.25) is 4.79 Å². The van der Waals surface area contributed by atoms with Gasteiger partial charge in [-0.15, -0.1) is 0 Å². The minimum atomic E-state index is -2.56. The summed E-state index contributed by atoms with van der Waals surface area (Å²) in [5.74, 6) is 0.0780. The summed E-state index contributed by atoms with van der Waals surface area (Å²) >= 11 is 0. The van der Waals surface area contributed by atoms with Gasteiger partial charge in [0.2, 0.25) is 0 Å². The van der Waals surface area contributed by atoms with Crippen LogP contribution >= 0.6 is 0 Å². The van der Waals surface area contributed by atoms with Gasteiger partial charge in [0, 0.05) is 5.92 Å². The van der Waals surface area contributed by atoms with Crippen molar-refractivity contribution in [1.29, 1.82) is 0 Å². The first kappa shape index (κ1) is 18.9. The molecule has 0 aliphatic carbocycles. The Kier molecular flexibility index (Phi) is 5.35. The highest BCUT2D eigenvalue weighted by molar-refractivity contribution is 6.99. The zero-order chi connectivity index (χ0) is 18.8. The molecule has 0 amide bonds. The Morgan fingerprint density at radius 1 is 1.00 bits per heavy atom. The lowest BCUT2D eigenvalue weighted by Crippen LogP contribution is -2.67. The van der Waals surface area contributed by atoms with Crippen molar-refractivity contribution in [1.82, 2.24) is 0 Å². The fourth-order valence-corrected chi connectivity index (χ4v) is 8.46. The minimum absolute atomic E-state index is 0.0679. The van der Waals surface area contributed by atoms with E-state index in [0.717, 1.165) is 0 Å². The van der Waals surface area contributed by atoms with Gasteiger partial charge in [-0.05, 0) is 15.4 Å². The number of hydrogen-bond donors (Lipinski definition) is 0. The first-order chi connectivity index (χ1) is 12.3. The van der Waals surface area contributed by atoms with Gasteiger partial charge in [0.05, 0.1) is 13.0 Å². The fraction of sp³-hybridized carbons (Fsp3) is 0.409. The van der Waals surface area contributed by atoms with Gasteiger partial charge in [0.1, 0.15) is 6.10 Å². The van der Waals surface area contributed by atoms with Crippen LogP contribution in [-0.2, 0) is 14.0 Å². The summed E-state index contributed by atoms with van der Waals surface area (Å²) in [4.78, 5) is 11.7. The molecule has 4 heteroatoms. The lowest BCUT2D eigenvalue weighted by atomic mass is 10.1. The smallest absolute Gasteiger partial charge is 0.306 e. The van der Waals surface area contributed by atoms with Crippen molar-refractivity contribution in [2.45, 2.75) is 45.3 Å². The number of rotatable bonds is 5. The highest BCUT2D eigenvalue weighted by atomic mass is 28.4. The predicted octanol–water partition coefficient (Wildman–Crippen LogP) is 3.51. The van der Waals surface area contributed by atoms with Crippen LogP contribution in [0, 0.1) is 5.92 Å². The highest BCUT2D eigenvalue weighted by Crippen LogP contribution is 2.37. The molecule has 1 heterocycles. The molecule has 0 N–H and O–H groups in total. The third kappa shape index (κ3) is 3.48. The van der Waals surface area contributed by atoms with E-state index in [9.17, 15) is 4.79 Å². The van der Waals surface area contributed by atoms with E-state index < -0.39 is 8.32 Å². The van der Waals surface area contributed by atoms with E-state index in [0.29, 0.717) is 13.0 Å².